The minimum absolute atomic E-state index is 0. The van der Waals surface area contributed by atoms with Gasteiger partial charge < -0.3 is 15.4 Å². The van der Waals surface area contributed by atoms with Crippen LogP contribution in [0.4, 0.5) is 4.39 Å². The average molecular weight is 425 g/mol. The predicted molar refractivity (Wildman–Crippen MR) is 111 cm³/mol. The lowest BCUT2D eigenvalue weighted by Crippen LogP contribution is -2.47. The van der Waals surface area contributed by atoms with Crippen LogP contribution in [0.1, 0.15) is 29.0 Å². The summed E-state index contributed by atoms with van der Waals surface area (Å²) in [5, 5.41) is 10.3. The third-order valence-corrected chi connectivity index (χ3v) is 5.14. The molecule has 9 heteroatoms. The number of carbonyl (C=O) groups excluding carboxylic acids is 1. The van der Waals surface area contributed by atoms with Crippen LogP contribution in [0.15, 0.2) is 35.1 Å². The van der Waals surface area contributed by atoms with Gasteiger partial charge in [0.1, 0.15) is 11.5 Å². The van der Waals surface area contributed by atoms with Gasteiger partial charge in [-0.05, 0) is 45.0 Å². The summed E-state index contributed by atoms with van der Waals surface area (Å²) in [4.78, 5) is 25.0. The van der Waals surface area contributed by atoms with Crippen molar-refractivity contribution >= 4 is 18.3 Å². The molecule has 1 aromatic heterocycles. The molecule has 1 aromatic carbocycles. The number of aromatic nitrogens is 2. The number of piperidine rings is 1. The van der Waals surface area contributed by atoms with Gasteiger partial charge in [-0.3, -0.25) is 9.59 Å². The Hall–Kier alpha value is -2.29. The maximum atomic E-state index is 14.2. The first-order valence-corrected chi connectivity index (χ1v) is 9.29. The third kappa shape index (κ3) is 5.20. The molecule has 0 atom stereocenters. The van der Waals surface area contributed by atoms with E-state index < -0.39 is 17.2 Å². The Labute approximate surface area is 175 Å². The Morgan fingerprint density at radius 1 is 1.34 bits per heavy atom. The Morgan fingerprint density at radius 2 is 2.03 bits per heavy atom. The van der Waals surface area contributed by atoms with Gasteiger partial charge in [0, 0.05) is 30.8 Å². The zero-order valence-electron chi connectivity index (χ0n) is 16.5. The minimum atomic E-state index is -0.566. The Balaban J connectivity index is 0.00000300. The first kappa shape index (κ1) is 23.0. The monoisotopic (exact) mass is 424 g/mol. The molecule has 1 saturated heterocycles. The quantitative estimate of drug-likeness (QED) is 0.739. The standard InChI is InChI=1S/C20H25FN4O3.ClH/c1-14-11-17(26)18(24-25(14)16-6-4-3-5-15(16)21)19(27)23-12-20(13-28-2)7-9-22-10-8-20;/h3-6,11,22H,7-10,12-13H2,1-2H3,(H,23,27);1H. The fourth-order valence-corrected chi connectivity index (χ4v) is 3.56. The second-order valence-electron chi connectivity index (χ2n) is 7.23. The number of benzene rings is 1. The van der Waals surface area contributed by atoms with Crippen molar-refractivity contribution in [1.29, 1.82) is 0 Å². The first-order chi connectivity index (χ1) is 13.5. The fraction of sp³-hybridized carbons (Fsp3) is 0.450. The zero-order chi connectivity index (χ0) is 20.1. The summed E-state index contributed by atoms with van der Waals surface area (Å²) in [5.74, 6) is -1.05. The van der Waals surface area contributed by atoms with E-state index in [1.165, 1.54) is 16.8 Å². The summed E-state index contributed by atoms with van der Waals surface area (Å²) in [6.07, 6.45) is 1.73. The highest BCUT2D eigenvalue weighted by molar-refractivity contribution is 5.92. The van der Waals surface area contributed by atoms with Crippen molar-refractivity contribution in [3.8, 4) is 5.69 Å². The molecule has 0 radical (unpaired) electrons. The van der Waals surface area contributed by atoms with Gasteiger partial charge in [0.05, 0.1) is 6.61 Å². The van der Waals surface area contributed by atoms with Crippen LogP contribution in [0.25, 0.3) is 5.69 Å². The first-order valence-electron chi connectivity index (χ1n) is 9.29. The van der Waals surface area contributed by atoms with E-state index in [-0.39, 0.29) is 29.2 Å². The number of para-hydroxylation sites is 1. The van der Waals surface area contributed by atoms with Gasteiger partial charge in [0.15, 0.2) is 5.69 Å². The Kier molecular flexibility index (Phi) is 7.89. The largest absolute Gasteiger partial charge is 0.384 e. The molecule has 0 unspecified atom stereocenters. The highest BCUT2D eigenvalue weighted by atomic mass is 35.5. The van der Waals surface area contributed by atoms with Crippen LogP contribution < -0.4 is 16.1 Å². The molecule has 0 spiro atoms. The van der Waals surface area contributed by atoms with E-state index in [0.717, 1.165) is 25.9 Å². The molecule has 1 fully saturated rings. The molecule has 1 aliphatic heterocycles. The summed E-state index contributed by atoms with van der Waals surface area (Å²) >= 11 is 0. The smallest absolute Gasteiger partial charge is 0.275 e. The van der Waals surface area contributed by atoms with Gasteiger partial charge in [-0.2, -0.15) is 5.10 Å². The van der Waals surface area contributed by atoms with E-state index in [9.17, 15) is 14.0 Å². The maximum Gasteiger partial charge on any atom is 0.275 e. The number of halogens is 2. The molecule has 1 aliphatic rings. The van der Waals surface area contributed by atoms with E-state index in [0.29, 0.717) is 18.8 Å². The highest BCUT2D eigenvalue weighted by Gasteiger charge is 2.33. The molecule has 1 amide bonds. The number of nitrogens with one attached hydrogen (secondary N) is 2. The molecule has 158 valence electrons. The van der Waals surface area contributed by atoms with Crippen molar-refractivity contribution in [3.05, 3.63) is 57.8 Å². The Morgan fingerprint density at radius 3 is 2.69 bits per heavy atom. The van der Waals surface area contributed by atoms with Crippen LogP contribution in [0.5, 0.6) is 0 Å². The summed E-state index contributed by atoms with van der Waals surface area (Å²) < 4.78 is 20.8. The second kappa shape index (κ2) is 9.96. The van der Waals surface area contributed by atoms with E-state index >= 15 is 0 Å². The number of carbonyl (C=O) groups is 1. The molecular weight excluding hydrogens is 399 g/mol. The van der Waals surface area contributed by atoms with Crippen LogP contribution in [-0.4, -0.2) is 49.0 Å². The topological polar surface area (TPSA) is 85.2 Å². The Bertz CT molecular complexity index is 907. The van der Waals surface area contributed by atoms with Crippen molar-refractivity contribution < 1.29 is 13.9 Å². The van der Waals surface area contributed by atoms with Gasteiger partial charge in [-0.15, -0.1) is 12.4 Å². The van der Waals surface area contributed by atoms with E-state index in [4.69, 9.17) is 4.74 Å². The van der Waals surface area contributed by atoms with Crippen molar-refractivity contribution in [2.75, 3.05) is 33.4 Å². The number of ether oxygens (including phenoxy) is 1. The number of methoxy groups -OCH3 is 1. The van der Waals surface area contributed by atoms with Crippen LogP contribution in [0.2, 0.25) is 0 Å². The highest BCUT2D eigenvalue weighted by Crippen LogP contribution is 2.28. The van der Waals surface area contributed by atoms with Crippen molar-refractivity contribution in [3.63, 3.8) is 0 Å². The molecule has 2 aromatic rings. The molecule has 7 nitrogen and oxygen atoms in total. The second-order valence-corrected chi connectivity index (χ2v) is 7.23. The van der Waals surface area contributed by atoms with Crippen LogP contribution in [0, 0.1) is 18.2 Å². The molecule has 3 rings (SSSR count). The third-order valence-electron chi connectivity index (χ3n) is 5.14. The number of aryl methyl sites for hydroxylation is 1. The average Bonchev–Trinajstić information content (AvgIpc) is 2.68. The van der Waals surface area contributed by atoms with Crippen LogP contribution in [-0.2, 0) is 4.74 Å². The summed E-state index contributed by atoms with van der Waals surface area (Å²) in [7, 11) is 1.64. The van der Waals surface area contributed by atoms with Gasteiger partial charge in [0.2, 0.25) is 5.43 Å². The fourth-order valence-electron chi connectivity index (χ4n) is 3.56. The number of hydrogen-bond donors (Lipinski definition) is 2. The normalized spacial score (nSPS) is 15.4. The van der Waals surface area contributed by atoms with Gasteiger partial charge in [0.25, 0.3) is 5.91 Å². The number of hydrogen-bond acceptors (Lipinski definition) is 5. The van der Waals surface area contributed by atoms with Gasteiger partial charge in [-0.25, -0.2) is 9.07 Å². The lowest BCUT2D eigenvalue weighted by molar-refractivity contribution is 0.0510. The van der Waals surface area contributed by atoms with E-state index in [2.05, 4.69) is 15.7 Å². The molecular formula is C20H26ClFN4O3. The summed E-state index contributed by atoms with van der Waals surface area (Å²) in [6, 6.07) is 7.38. The van der Waals surface area contributed by atoms with Crippen molar-refractivity contribution in [1.82, 2.24) is 20.4 Å². The molecule has 2 heterocycles. The summed E-state index contributed by atoms with van der Waals surface area (Å²) in [6.45, 7) is 4.25. The van der Waals surface area contributed by atoms with Crippen molar-refractivity contribution in [2.24, 2.45) is 5.41 Å². The minimum Gasteiger partial charge on any atom is -0.384 e. The number of nitrogens with zero attached hydrogens (tertiary/aromatic N) is 2. The van der Waals surface area contributed by atoms with Crippen molar-refractivity contribution in [2.45, 2.75) is 19.8 Å². The van der Waals surface area contributed by atoms with E-state index in [1.807, 2.05) is 0 Å². The molecule has 2 N–H and O–H groups in total. The molecule has 0 bridgehead atoms. The zero-order valence-corrected chi connectivity index (χ0v) is 17.4. The van der Waals surface area contributed by atoms with Crippen LogP contribution >= 0.6 is 12.4 Å². The molecule has 0 saturated carbocycles. The molecule has 0 aliphatic carbocycles. The van der Waals surface area contributed by atoms with Gasteiger partial charge >= 0.3 is 0 Å². The molecule has 29 heavy (non-hydrogen) atoms. The lowest BCUT2D eigenvalue weighted by Gasteiger charge is -2.37. The summed E-state index contributed by atoms with van der Waals surface area (Å²) in [5.41, 5.74) is -0.293. The number of amides is 1. The lowest BCUT2D eigenvalue weighted by atomic mass is 9.79. The maximum absolute atomic E-state index is 14.2. The SMILES string of the molecule is COCC1(CNC(=O)c2nn(-c3ccccc3F)c(C)cc2=O)CCNCC1.Cl. The predicted octanol–water partition coefficient (Wildman–Crippen LogP) is 1.85. The van der Waals surface area contributed by atoms with Crippen LogP contribution in [0.3, 0.4) is 0 Å². The van der Waals surface area contributed by atoms with Gasteiger partial charge in [-0.1, -0.05) is 12.1 Å². The number of rotatable bonds is 6. The van der Waals surface area contributed by atoms with E-state index in [1.54, 1.807) is 32.2 Å².